The predicted octanol–water partition coefficient (Wildman–Crippen LogP) is 2.93. The maximum Gasteiger partial charge on any atom is 0.246 e. The quantitative estimate of drug-likeness (QED) is 0.818. The van der Waals surface area contributed by atoms with E-state index in [4.69, 9.17) is 0 Å². The van der Waals surface area contributed by atoms with Gasteiger partial charge >= 0.3 is 0 Å². The molecule has 0 atom stereocenters. The molecule has 2 fully saturated rings. The number of amides is 2. The molecule has 1 N–H and O–H groups in total. The Balaban J connectivity index is 1.40. The molecule has 1 aliphatic carbocycles. The standard InChI is InChI=1S/C22H29N3O2/c1-2-6-20(26)25-14-5-13-24(15-16-25)17-9-11-22(12-10-17)18-7-3-4-8-19(18)23-21(22)27/h2-4,6-8,17H,5,9-16H2,1H3,(H,23,27)/b6-2+. The largest absolute Gasteiger partial charge is 0.338 e. The summed E-state index contributed by atoms with van der Waals surface area (Å²) in [5.41, 5.74) is 1.86. The Labute approximate surface area is 161 Å². The number of hydrogen-bond donors (Lipinski definition) is 1. The van der Waals surface area contributed by atoms with Crippen LogP contribution in [0.4, 0.5) is 5.69 Å². The Morgan fingerprint density at radius 2 is 1.93 bits per heavy atom. The van der Waals surface area contributed by atoms with Crippen LogP contribution < -0.4 is 5.32 Å². The van der Waals surface area contributed by atoms with Gasteiger partial charge in [0, 0.05) is 37.9 Å². The van der Waals surface area contributed by atoms with Crippen LogP contribution in [0.25, 0.3) is 0 Å². The molecule has 1 aromatic carbocycles. The zero-order valence-corrected chi connectivity index (χ0v) is 16.1. The van der Waals surface area contributed by atoms with E-state index >= 15 is 0 Å². The van der Waals surface area contributed by atoms with E-state index in [-0.39, 0.29) is 17.2 Å². The van der Waals surface area contributed by atoms with Crippen LogP contribution in [-0.2, 0) is 15.0 Å². The minimum Gasteiger partial charge on any atom is -0.338 e. The SMILES string of the molecule is C/C=C/C(=O)N1CCCN(C2CCC3(CC2)C(=O)Nc2ccccc23)CC1. The number of carbonyl (C=O) groups is 2. The van der Waals surface area contributed by atoms with Crippen LogP contribution in [0.15, 0.2) is 36.4 Å². The highest BCUT2D eigenvalue weighted by Gasteiger charge is 2.49. The highest BCUT2D eigenvalue weighted by molar-refractivity contribution is 6.06. The number of nitrogens with one attached hydrogen (secondary N) is 1. The Morgan fingerprint density at radius 3 is 2.70 bits per heavy atom. The monoisotopic (exact) mass is 367 g/mol. The van der Waals surface area contributed by atoms with Crippen LogP contribution >= 0.6 is 0 Å². The molecule has 27 heavy (non-hydrogen) atoms. The van der Waals surface area contributed by atoms with Gasteiger partial charge in [0.25, 0.3) is 0 Å². The molecule has 1 saturated heterocycles. The second kappa shape index (κ2) is 7.47. The molecular formula is C22H29N3O2. The summed E-state index contributed by atoms with van der Waals surface area (Å²) in [4.78, 5) is 29.4. The van der Waals surface area contributed by atoms with Gasteiger partial charge in [0.15, 0.2) is 0 Å². The van der Waals surface area contributed by atoms with Crippen LogP contribution in [0, 0.1) is 0 Å². The molecule has 2 amide bonds. The van der Waals surface area contributed by atoms with Gasteiger partial charge in [-0.15, -0.1) is 0 Å². The number of rotatable bonds is 2. The van der Waals surface area contributed by atoms with Gasteiger partial charge in [0.05, 0.1) is 5.41 Å². The Morgan fingerprint density at radius 1 is 1.15 bits per heavy atom. The summed E-state index contributed by atoms with van der Waals surface area (Å²) in [5.74, 6) is 0.308. The van der Waals surface area contributed by atoms with Gasteiger partial charge in [-0.3, -0.25) is 14.5 Å². The van der Waals surface area contributed by atoms with E-state index in [0.717, 1.165) is 64.0 Å². The summed E-state index contributed by atoms with van der Waals surface area (Å²) in [6.45, 7) is 5.50. The maximum absolute atomic E-state index is 12.8. The molecule has 1 aromatic rings. The number of nitrogens with zero attached hydrogens (tertiary/aromatic N) is 2. The zero-order chi connectivity index (χ0) is 18.9. The molecule has 0 bridgehead atoms. The van der Waals surface area contributed by atoms with E-state index in [9.17, 15) is 9.59 Å². The van der Waals surface area contributed by atoms with Gasteiger partial charge in [-0.25, -0.2) is 0 Å². The van der Waals surface area contributed by atoms with Crippen molar-refractivity contribution in [3.8, 4) is 0 Å². The van der Waals surface area contributed by atoms with Crippen LogP contribution in [0.2, 0.25) is 0 Å². The molecule has 0 radical (unpaired) electrons. The number of benzene rings is 1. The average Bonchev–Trinajstić information content (AvgIpc) is 2.84. The van der Waals surface area contributed by atoms with Gasteiger partial charge < -0.3 is 10.2 Å². The van der Waals surface area contributed by atoms with Crippen molar-refractivity contribution in [3.63, 3.8) is 0 Å². The maximum atomic E-state index is 12.8. The second-order valence-corrected chi connectivity index (χ2v) is 8.03. The van der Waals surface area contributed by atoms with Gasteiger partial charge in [-0.1, -0.05) is 24.3 Å². The van der Waals surface area contributed by atoms with Gasteiger partial charge in [0.2, 0.25) is 11.8 Å². The fourth-order valence-corrected chi connectivity index (χ4v) is 5.10. The Bertz CT molecular complexity index is 750. The minimum atomic E-state index is -0.327. The highest BCUT2D eigenvalue weighted by Crippen LogP contribution is 2.48. The van der Waals surface area contributed by atoms with Crippen molar-refractivity contribution in [2.75, 3.05) is 31.5 Å². The first kappa shape index (κ1) is 18.2. The van der Waals surface area contributed by atoms with Crippen molar-refractivity contribution >= 4 is 17.5 Å². The molecule has 2 aliphatic heterocycles. The summed E-state index contributed by atoms with van der Waals surface area (Å²) < 4.78 is 0. The Hall–Kier alpha value is -2.14. The fraction of sp³-hybridized carbons (Fsp3) is 0.545. The summed E-state index contributed by atoms with van der Waals surface area (Å²) >= 11 is 0. The fourth-order valence-electron chi connectivity index (χ4n) is 5.10. The van der Waals surface area contributed by atoms with E-state index in [1.54, 1.807) is 6.08 Å². The first-order valence-corrected chi connectivity index (χ1v) is 10.2. The van der Waals surface area contributed by atoms with E-state index in [1.807, 2.05) is 36.1 Å². The number of fused-ring (bicyclic) bond motifs is 2. The van der Waals surface area contributed by atoms with Crippen molar-refractivity contribution in [1.82, 2.24) is 9.80 Å². The third kappa shape index (κ3) is 3.29. The molecule has 2 heterocycles. The average molecular weight is 367 g/mol. The Kier molecular flexibility index (Phi) is 5.04. The number of carbonyl (C=O) groups excluding carboxylic acids is 2. The van der Waals surface area contributed by atoms with Crippen LogP contribution in [0.1, 0.15) is 44.6 Å². The van der Waals surface area contributed by atoms with Crippen LogP contribution in [-0.4, -0.2) is 53.8 Å². The predicted molar refractivity (Wildman–Crippen MR) is 107 cm³/mol. The minimum absolute atomic E-state index is 0.126. The molecule has 0 unspecified atom stereocenters. The van der Waals surface area contributed by atoms with Gasteiger partial charge in [-0.05, 0) is 56.7 Å². The normalized spacial score (nSPS) is 29.0. The third-order valence-corrected chi connectivity index (χ3v) is 6.60. The van der Waals surface area contributed by atoms with E-state index in [0.29, 0.717) is 6.04 Å². The van der Waals surface area contributed by atoms with Crippen LogP contribution in [0.3, 0.4) is 0 Å². The molecule has 3 aliphatic rings. The summed E-state index contributed by atoms with van der Waals surface area (Å²) in [6.07, 6.45) is 8.42. The van der Waals surface area contributed by atoms with Gasteiger partial charge in [-0.2, -0.15) is 0 Å². The molecular weight excluding hydrogens is 338 g/mol. The van der Waals surface area contributed by atoms with Gasteiger partial charge in [0.1, 0.15) is 0 Å². The number of allylic oxidation sites excluding steroid dienone is 1. The first-order chi connectivity index (χ1) is 13.1. The summed E-state index contributed by atoms with van der Waals surface area (Å²) in [7, 11) is 0. The molecule has 4 rings (SSSR count). The van der Waals surface area contributed by atoms with E-state index in [1.165, 1.54) is 5.56 Å². The van der Waals surface area contributed by atoms with E-state index < -0.39 is 0 Å². The van der Waals surface area contributed by atoms with Crippen molar-refractivity contribution in [1.29, 1.82) is 0 Å². The molecule has 144 valence electrons. The topological polar surface area (TPSA) is 52.7 Å². The smallest absolute Gasteiger partial charge is 0.246 e. The van der Waals surface area contributed by atoms with Crippen molar-refractivity contribution in [2.45, 2.75) is 50.5 Å². The lowest BCUT2D eigenvalue weighted by Gasteiger charge is -2.40. The first-order valence-electron chi connectivity index (χ1n) is 10.2. The molecule has 5 nitrogen and oxygen atoms in total. The number of para-hydroxylation sites is 1. The molecule has 1 spiro atoms. The van der Waals surface area contributed by atoms with E-state index in [2.05, 4.69) is 16.3 Å². The highest BCUT2D eigenvalue weighted by atomic mass is 16.2. The van der Waals surface area contributed by atoms with Crippen molar-refractivity contribution < 1.29 is 9.59 Å². The van der Waals surface area contributed by atoms with Crippen LogP contribution in [0.5, 0.6) is 0 Å². The lowest BCUT2D eigenvalue weighted by atomic mass is 9.68. The summed E-state index contributed by atoms with van der Waals surface area (Å²) in [6, 6.07) is 8.68. The lowest BCUT2D eigenvalue weighted by molar-refractivity contribution is -0.126. The third-order valence-electron chi connectivity index (χ3n) is 6.60. The van der Waals surface area contributed by atoms with Crippen molar-refractivity contribution in [3.05, 3.63) is 42.0 Å². The number of hydrogen-bond acceptors (Lipinski definition) is 3. The zero-order valence-electron chi connectivity index (χ0n) is 16.1. The molecule has 1 saturated carbocycles. The molecule has 5 heteroatoms. The number of anilines is 1. The second-order valence-electron chi connectivity index (χ2n) is 8.03. The lowest BCUT2D eigenvalue weighted by Crippen LogP contribution is -2.46. The summed E-state index contributed by atoms with van der Waals surface area (Å²) in [5, 5.41) is 3.09. The molecule has 0 aromatic heterocycles. The van der Waals surface area contributed by atoms with Crippen molar-refractivity contribution in [2.24, 2.45) is 0 Å².